The summed E-state index contributed by atoms with van der Waals surface area (Å²) in [6.07, 6.45) is 0.976. The van der Waals surface area contributed by atoms with Crippen LogP contribution >= 0.6 is 11.5 Å². The van der Waals surface area contributed by atoms with Crippen LogP contribution < -0.4 is 15.9 Å². The second-order valence-electron chi connectivity index (χ2n) is 6.96. The van der Waals surface area contributed by atoms with Gasteiger partial charge in [0.25, 0.3) is 5.56 Å². The van der Waals surface area contributed by atoms with E-state index >= 15 is 0 Å². The van der Waals surface area contributed by atoms with Crippen molar-refractivity contribution in [2.24, 2.45) is 0 Å². The molecule has 2 aromatic heterocycles. The standard InChI is InChI=1S/C18H21FN4O2S/c1-4-23-13-8-14(22-6-5-10(9-22)21(2)3)12(19)7-11(13)16(24)15-17(25)20-26-18(15)23/h7-8,10H,4-6,9H2,1-3H3,(H,20,25). The molecule has 3 aromatic rings. The van der Waals surface area contributed by atoms with E-state index in [1.165, 1.54) is 6.07 Å². The van der Waals surface area contributed by atoms with Gasteiger partial charge in [0, 0.05) is 31.1 Å². The molecule has 3 heterocycles. The number of hydrogen-bond acceptors (Lipinski definition) is 5. The first-order valence-corrected chi connectivity index (χ1v) is 9.52. The molecule has 138 valence electrons. The summed E-state index contributed by atoms with van der Waals surface area (Å²) in [6.45, 7) is 4.08. The molecule has 1 aliphatic rings. The average molecular weight is 376 g/mol. The maximum absolute atomic E-state index is 14.9. The Labute approximate surface area is 153 Å². The Bertz CT molecular complexity index is 1110. The largest absolute Gasteiger partial charge is 0.367 e. The first-order chi connectivity index (χ1) is 12.4. The lowest BCUT2D eigenvalue weighted by molar-refractivity contribution is 0.315. The smallest absolute Gasteiger partial charge is 0.271 e. The van der Waals surface area contributed by atoms with Crippen LogP contribution in [0.15, 0.2) is 21.7 Å². The van der Waals surface area contributed by atoms with Crippen LogP contribution in [0.1, 0.15) is 13.3 Å². The van der Waals surface area contributed by atoms with E-state index in [0.717, 1.165) is 31.0 Å². The van der Waals surface area contributed by atoms with Crippen molar-refractivity contribution in [2.75, 3.05) is 32.1 Å². The van der Waals surface area contributed by atoms with E-state index in [1.807, 2.05) is 30.5 Å². The van der Waals surface area contributed by atoms with Crippen LogP contribution in [-0.2, 0) is 6.54 Å². The molecule has 0 saturated carbocycles. The molecule has 1 aliphatic heterocycles. The second-order valence-corrected chi connectivity index (χ2v) is 7.75. The third kappa shape index (κ3) is 2.47. The van der Waals surface area contributed by atoms with Crippen LogP contribution in [0.25, 0.3) is 21.1 Å². The quantitative estimate of drug-likeness (QED) is 0.761. The normalized spacial score (nSPS) is 17.9. The number of rotatable bonds is 3. The minimum atomic E-state index is -0.414. The number of halogens is 1. The molecule has 6 nitrogen and oxygen atoms in total. The zero-order chi connectivity index (χ0) is 18.6. The predicted molar refractivity (Wildman–Crippen MR) is 104 cm³/mol. The van der Waals surface area contributed by atoms with E-state index in [-0.39, 0.29) is 10.8 Å². The van der Waals surface area contributed by atoms with Gasteiger partial charge in [0.05, 0.1) is 11.2 Å². The van der Waals surface area contributed by atoms with Crippen molar-refractivity contribution in [3.8, 4) is 0 Å². The van der Waals surface area contributed by atoms with E-state index in [9.17, 15) is 14.0 Å². The summed E-state index contributed by atoms with van der Waals surface area (Å²) in [6, 6.07) is 3.44. The van der Waals surface area contributed by atoms with E-state index in [0.29, 0.717) is 28.6 Å². The Morgan fingerprint density at radius 1 is 1.35 bits per heavy atom. The van der Waals surface area contributed by atoms with Crippen LogP contribution in [0.4, 0.5) is 10.1 Å². The van der Waals surface area contributed by atoms with Crippen molar-refractivity contribution in [1.29, 1.82) is 0 Å². The number of pyridine rings is 1. The Morgan fingerprint density at radius 2 is 2.12 bits per heavy atom. The highest BCUT2D eigenvalue weighted by atomic mass is 32.1. The van der Waals surface area contributed by atoms with Crippen LogP contribution in [0.3, 0.4) is 0 Å². The number of benzene rings is 1. The Hall–Kier alpha value is -2.19. The molecule has 1 aromatic carbocycles. The van der Waals surface area contributed by atoms with Crippen molar-refractivity contribution < 1.29 is 4.39 Å². The van der Waals surface area contributed by atoms with Gasteiger partial charge in [-0.05, 0) is 51.1 Å². The first-order valence-electron chi connectivity index (χ1n) is 8.71. The molecule has 0 radical (unpaired) electrons. The van der Waals surface area contributed by atoms with Gasteiger partial charge < -0.3 is 14.4 Å². The SMILES string of the molecule is CCn1c2cc(N3CCC(N(C)C)C3)c(F)cc2c(=O)c2c(=O)[nH]sc21. The van der Waals surface area contributed by atoms with E-state index in [1.54, 1.807) is 6.07 Å². The van der Waals surface area contributed by atoms with Gasteiger partial charge in [0.2, 0.25) is 5.43 Å². The van der Waals surface area contributed by atoms with Crippen LogP contribution in [0.2, 0.25) is 0 Å². The molecule has 0 amide bonds. The zero-order valence-electron chi connectivity index (χ0n) is 15.0. The highest BCUT2D eigenvalue weighted by Gasteiger charge is 2.27. The summed E-state index contributed by atoms with van der Waals surface area (Å²) in [5, 5.41) is 0.373. The molecular weight excluding hydrogens is 355 g/mol. The molecule has 0 bridgehead atoms. The van der Waals surface area contributed by atoms with Gasteiger partial charge in [-0.1, -0.05) is 0 Å². The number of likely N-dealkylation sites (N-methyl/N-ethyl adjacent to an activating group) is 1. The molecule has 1 unspecified atom stereocenters. The van der Waals surface area contributed by atoms with Crippen LogP contribution in [0.5, 0.6) is 0 Å². The van der Waals surface area contributed by atoms with Crippen molar-refractivity contribution in [2.45, 2.75) is 25.9 Å². The van der Waals surface area contributed by atoms with Crippen molar-refractivity contribution in [1.82, 2.24) is 13.8 Å². The molecule has 0 aliphatic carbocycles. The number of anilines is 1. The minimum Gasteiger partial charge on any atom is -0.367 e. The topological polar surface area (TPSA) is 61.3 Å². The monoisotopic (exact) mass is 376 g/mol. The number of fused-ring (bicyclic) bond motifs is 2. The van der Waals surface area contributed by atoms with Crippen molar-refractivity contribution >= 4 is 38.3 Å². The number of nitrogens with one attached hydrogen (secondary N) is 1. The fourth-order valence-corrected chi connectivity index (χ4v) is 4.74. The van der Waals surface area contributed by atoms with E-state index in [2.05, 4.69) is 9.27 Å². The lowest BCUT2D eigenvalue weighted by Crippen LogP contribution is -2.31. The van der Waals surface area contributed by atoms with Gasteiger partial charge in [-0.15, -0.1) is 0 Å². The summed E-state index contributed by atoms with van der Waals surface area (Å²) in [5.41, 5.74) is 0.382. The van der Waals surface area contributed by atoms with Crippen molar-refractivity contribution in [3.05, 3.63) is 38.5 Å². The summed E-state index contributed by atoms with van der Waals surface area (Å²) in [7, 11) is 4.06. The maximum atomic E-state index is 14.9. The molecule has 1 N–H and O–H groups in total. The molecular formula is C18H21FN4O2S. The molecule has 8 heteroatoms. The molecule has 1 atom stereocenters. The number of aromatic amines is 1. The summed E-state index contributed by atoms with van der Waals surface area (Å²) >= 11 is 1.15. The Kier molecular flexibility index (Phi) is 4.11. The van der Waals surface area contributed by atoms with Gasteiger partial charge in [-0.25, -0.2) is 4.39 Å². The lowest BCUT2D eigenvalue weighted by Gasteiger charge is -2.23. The highest BCUT2D eigenvalue weighted by molar-refractivity contribution is 7.12. The Balaban J connectivity index is 1.96. The molecule has 0 spiro atoms. The molecule has 1 saturated heterocycles. The van der Waals surface area contributed by atoms with Gasteiger partial charge in [0.1, 0.15) is 16.0 Å². The van der Waals surface area contributed by atoms with Crippen LogP contribution in [-0.4, -0.2) is 47.1 Å². The minimum absolute atomic E-state index is 0.116. The molecule has 1 fully saturated rings. The molecule has 4 rings (SSSR count). The van der Waals surface area contributed by atoms with Crippen LogP contribution in [0, 0.1) is 5.82 Å². The van der Waals surface area contributed by atoms with Gasteiger partial charge in [-0.3, -0.25) is 14.0 Å². The van der Waals surface area contributed by atoms with E-state index in [4.69, 9.17) is 0 Å². The molecule has 26 heavy (non-hydrogen) atoms. The van der Waals surface area contributed by atoms with E-state index < -0.39 is 16.8 Å². The second kappa shape index (κ2) is 6.21. The average Bonchev–Trinajstić information content (AvgIpc) is 3.23. The fourth-order valence-electron chi connectivity index (χ4n) is 3.82. The number of hydrogen-bond donors (Lipinski definition) is 1. The predicted octanol–water partition coefficient (Wildman–Crippen LogP) is 2.20. The van der Waals surface area contributed by atoms with Crippen molar-refractivity contribution in [3.63, 3.8) is 0 Å². The third-order valence-corrected chi connectivity index (χ3v) is 6.21. The number of H-pyrrole nitrogens is 1. The summed E-state index contributed by atoms with van der Waals surface area (Å²) in [5.74, 6) is -0.414. The first kappa shape index (κ1) is 17.2. The lowest BCUT2D eigenvalue weighted by atomic mass is 10.1. The third-order valence-electron chi connectivity index (χ3n) is 5.30. The number of aromatic nitrogens is 2. The summed E-state index contributed by atoms with van der Waals surface area (Å²) < 4.78 is 19.4. The zero-order valence-corrected chi connectivity index (χ0v) is 15.8. The number of aryl methyl sites for hydroxylation is 1. The number of nitrogens with zero attached hydrogens (tertiary/aromatic N) is 3. The fraction of sp³-hybridized carbons (Fsp3) is 0.444. The van der Waals surface area contributed by atoms with Gasteiger partial charge in [0.15, 0.2) is 0 Å². The summed E-state index contributed by atoms with van der Waals surface area (Å²) in [4.78, 5) is 29.6. The van der Waals surface area contributed by atoms with Gasteiger partial charge >= 0.3 is 0 Å². The Morgan fingerprint density at radius 3 is 2.77 bits per heavy atom. The highest BCUT2D eigenvalue weighted by Crippen LogP contribution is 2.30. The van der Waals surface area contributed by atoms with Gasteiger partial charge in [-0.2, -0.15) is 0 Å². The maximum Gasteiger partial charge on any atom is 0.271 e.